The Morgan fingerprint density at radius 3 is 1.83 bits per heavy atom. The summed E-state index contributed by atoms with van der Waals surface area (Å²) >= 11 is 0. The van der Waals surface area contributed by atoms with Gasteiger partial charge >= 0.3 is 12.1 Å². The minimum atomic E-state index is -0.586. The fourth-order valence-electron chi connectivity index (χ4n) is 2.37. The number of rotatable bonds is 3. The van der Waals surface area contributed by atoms with E-state index in [0.29, 0.717) is 25.9 Å². The van der Waals surface area contributed by atoms with Gasteiger partial charge in [0.15, 0.2) is 0 Å². The van der Waals surface area contributed by atoms with Crippen molar-refractivity contribution in [3.63, 3.8) is 0 Å². The molecule has 0 spiro atoms. The molecule has 1 amide bonds. The first-order valence-electron chi connectivity index (χ1n) is 8.10. The third-order valence-corrected chi connectivity index (χ3v) is 3.34. The van der Waals surface area contributed by atoms with Crippen LogP contribution in [0.4, 0.5) is 4.79 Å². The Kier molecular flexibility index (Phi) is 6.19. The van der Waals surface area contributed by atoms with Crippen LogP contribution in [0.1, 0.15) is 60.8 Å². The first-order chi connectivity index (χ1) is 10.4. The maximum atomic E-state index is 12.2. The second kappa shape index (κ2) is 7.32. The average molecular weight is 327 g/mol. The molecule has 1 aliphatic heterocycles. The first kappa shape index (κ1) is 19.5. The number of piperidine rings is 1. The fourth-order valence-corrected chi connectivity index (χ4v) is 2.37. The molecule has 0 atom stereocenters. The van der Waals surface area contributed by atoms with Crippen LogP contribution in [-0.2, 0) is 19.1 Å². The highest BCUT2D eigenvalue weighted by Gasteiger charge is 2.31. The zero-order valence-electron chi connectivity index (χ0n) is 15.1. The van der Waals surface area contributed by atoms with E-state index in [1.807, 2.05) is 20.8 Å². The van der Waals surface area contributed by atoms with Gasteiger partial charge in [0.1, 0.15) is 23.4 Å². The summed E-state index contributed by atoms with van der Waals surface area (Å²) < 4.78 is 10.5. The van der Waals surface area contributed by atoms with Crippen molar-refractivity contribution in [2.75, 3.05) is 13.1 Å². The lowest BCUT2D eigenvalue weighted by atomic mass is 9.91. The Balaban J connectivity index is 2.42. The maximum absolute atomic E-state index is 12.2. The highest BCUT2D eigenvalue weighted by molar-refractivity contribution is 5.97. The van der Waals surface area contributed by atoms with Gasteiger partial charge in [0.05, 0.1) is 0 Å². The summed E-state index contributed by atoms with van der Waals surface area (Å²) in [5.74, 6) is -0.790. The largest absolute Gasteiger partial charge is 0.460 e. The number of esters is 1. The number of likely N-dealkylation sites (tertiary alicyclic amines) is 1. The van der Waals surface area contributed by atoms with Crippen molar-refractivity contribution >= 4 is 17.8 Å². The second-order valence-corrected chi connectivity index (χ2v) is 7.97. The Hall–Kier alpha value is -1.59. The van der Waals surface area contributed by atoms with Crippen molar-refractivity contribution in [1.82, 2.24) is 4.90 Å². The van der Waals surface area contributed by atoms with Crippen LogP contribution in [-0.4, -0.2) is 47.0 Å². The SMILES string of the molecule is CC(C)(C)OC(=O)CC(=O)C1CCN(C(=O)OC(C)(C)C)CC1. The molecule has 23 heavy (non-hydrogen) atoms. The predicted octanol–water partition coefficient (Wildman–Crippen LogP) is 2.93. The van der Waals surface area contributed by atoms with Crippen LogP contribution in [0.3, 0.4) is 0 Å². The van der Waals surface area contributed by atoms with Crippen molar-refractivity contribution in [1.29, 1.82) is 0 Å². The zero-order valence-corrected chi connectivity index (χ0v) is 15.1. The van der Waals surface area contributed by atoms with E-state index in [2.05, 4.69) is 0 Å². The van der Waals surface area contributed by atoms with Crippen molar-refractivity contribution in [2.24, 2.45) is 5.92 Å². The standard InChI is InChI=1S/C17H29NO5/c1-16(2,3)22-14(20)11-13(19)12-7-9-18(10-8-12)15(21)23-17(4,5)6/h12H,7-11H2,1-6H3. The van der Waals surface area contributed by atoms with Gasteiger partial charge in [0.25, 0.3) is 0 Å². The summed E-state index contributed by atoms with van der Waals surface area (Å²) in [5, 5.41) is 0. The average Bonchev–Trinajstić information content (AvgIpc) is 2.34. The summed E-state index contributed by atoms with van der Waals surface area (Å²) in [7, 11) is 0. The van der Waals surface area contributed by atoms with Crippen LogP contribution in [0.5, 0.6) is 0 Å². The molecule has 132 valence electrons. The minimum Gasteiger partial charge on any atom is -0.460 e. The lowest BCUT2D eigenvalue weighted by molar-refractivity contribution is -0.156. The van der Waals surface area contributed by atoms with Gasteiger partial charge in [-0.1, -0.05) is 0 Å². The monoisotopic (exact) mass is 327 g/mol. The lowest BCUT2D eigenvalue weighted by Crippen LogP contribution is -2.43. The fraction of sp³-hybridized carbons (Fsp3) is 0.824. The molecule has 0 aromatic rings. The van der Waals surface area contributed by atoms with Gasteiger partial charge in [0, 0.05) is 19.0 Å². The molecule has 0 aliphatic carbocycles. The molecular weight excluding hydrogens is 298 g/mol. The normalized spacial score (nSPS) is 16.9. The summed E-state index contributed by atoms with van der Waals surface area (Å²) in [5.41, 5.74) is -1.11. The predicted molar refractivity (Wildman–Crippen MR) is 86.0 cm³/mol. The molecule has 0 unspecified atom stereocenters. The highest BCUT2D eigenvalue weighted by atomic mass is 16.6. The van der Waals surface area contributed by atoms with Crippen LogP contribution >= 0.6 is 0 Å². The van der Waals surface area contributed by atoms with Gasteiger partial charge in [-0.2, -0.15) is 0 Å². The van der Waals surface area contributed by atoms with Gasteiger partial charge in [0.2, 0.25) is 0 Å². The van der Waals surface area contributed by atoms with E-state index >= 15 is 0 Å². The Morgan fingerprint density at radius 2 is 1.39 bits per heavy atom. The van der Waals surface area contributed by atoms with E-state index in [1.54, 1.807) is 25.7 Å². The maximum Gasteiger partial charge on any atom is 0.410 e. The number of ketones is 1. The number of hydrogen-bond donors (Lipinski definition) is 0. The van der Waals surface area contributed by atoms with Crippen LogP contribution in [0.25, 0.3) is 0 Å². The minimum absolute atomic E-state index is 0.108. The third-order valence-electron chi connectivity index (χ3n) is 3.34. The highest BCUT2D eigenvalue weighted by Crippen LogP contribution is 2.22. The number of carbonyl (C=O) groups is 3. The number of Topliss-reactive ketones (excluding diaryl/α,β-unsaturated/α-hetero) is 1. The zero-order chi connectivity index (χ0) is 17.8. The van der Waals surface area contributed by atoms with Crippen LogP contribution < -0.4 is 0 Å². The second-order valence-electron chi connectivity index (χ2n) is 7.97. The van der Waals surface area contributed by atoms with Gasteiger partial charge in [-0.05, 0) is 54.4 Å². The van der Waals surface area contributed by atoms with E-state index in [4.69, 9.17) is 9.47 Å². The van der Waals surface area contributed by atoms with E-state index in [1.165, 1.54) is 0 Å². The van der Waals surface area contributed by atoms with E-state index in [0.717, 1.165) is 0 Å². The van der Waals surface area contributed by atoms with E-state index in [-0.39, 0.29) is 24.2 Å². The smallest absolute Gasteiger partial charge is 0.410 e. The summed E-state index contributed by atoms with van der Waals surface area (Å²) in [6.07, 6.45) is 0.561. The topological polar surface area (TPSA) is 72.9 Å². The molecule has 1 rings (SSSR count). The van der Waals surface area contributed by atoms with Crippen molar-refractivity contribution < 1.29 is 23.9 Å². The molecule has 0 radical (unpaired) electrons. The third kappa shape index (κ3) is 7.48. The number of amides is 1. The number of nitrogens with zero attached hydrogens (tertiary/aromatic N) is 1. The van der Waals surface area contributed by atoms with Gasteiger partial charge in [-0.3, -0.25) is 9.59 Å². The summed E-state index contributed by atoms with van der Waals surface area (Å²) in [6.45, 7) is 11.7. The number of hydrogen-bond acceptors (Lipinski definition) is 5. The van der Waals surface area contributed by atoms with E-state index < -0.39 is 17.2 Å². The molecule has 0 aromatic heterocycles. The van der Waals surface area contributed by atoms with E-state index in [9.17, 15) is 14.4 Å². The molecule has 1 aliphatic rings. The Labute approximate surface area is 138 Å². The molecule has 0 N–H and O–H groups in total. The van der Waals surface area contributed by atoms with Crippen molar-refractivity contribution in [3.8, 4) is 0 Å². The molecule has 0 saturated carbocycles. The van der Waals surface area contributed by atoms with Gasteiger partial charge in [-0.15, -0.1) is 0 Å². The lowest BCUT2D eigenvalue weighted by Gasteiger charge is -2.33. The summed E-state index contributed by atoms with van der Waals surface area (Å²) in [4.78, 5) is 37.5. The first-order valence-corrected chi connectivity index (χ1v) is 8.10. The summed E-state index contributed by atoms with van der Waals surface area (Å²) in [6, 6.07) is 0. The molecule has 6 heteroatoms. The molecule has 1 heterocycles. The Morgan fingerprint density at radius 1 is 0.913 bits per heavy atom. The van der Waals surface area contributed by atoms with Crippen molar-refractivity contribution in [2.45, 2.75) is 72.0 Å². The van der Waals surface area contributed by atoms with Crippen LogP contribution in [0, 0.1) is 5.92 Å². The van der Waals surface area contributed by atoms with Gasteiger partial charge in [-0.25, -0.2) is 4.79 Å². The number of ether oxygens (including phenoxy) is 2. The molecule has 1 saturated heterocycles. The van der Waals surface area contributed by atoms with Crippen molar-refractivity contribution in [3.05, 3.63) is 0 Å². The molecule has 6 nitrogen and oxygen atoms in total. The van der Waals surface area contributed by atoms with Crippen LogP contribution in [0.2, 0.25) is 0 Å². The molecular formula is C17H29NO5. The number of carbonyl (C=O) groups excluding carboxylic acids is 3. The quantitative estimate of drug-likeness (QED) is 0.588. The van der Waals surface area contributed by atoms with Crippen LogP contribution in [0.15, 0.2) is 0 Å². The molecule has 0 aromatic carbocycles. The Bertz CT molecular complexity index is 451. The molecule has 1 fully saturated rings. The molecule has 0 bridgehead atoms. The van der Waals surface area contributed by atoms with Gasteiger partial charge < -0.3 is 14.4 Å².